The van der Waals surface area contributed by atoms with Gasteiger partial charge in [-0.2, -0.15) is 0 Å². The highest BCUT2D eigenvalue weighted by Crippen LogP contribution is 1.95. The number of aliphatic carboxylic acids is 1. The molecule has 0 bridgehead atoms. The summed E-state index contributed by atoms with van der Waals surface area (Å²) >= 11 is 0. The van der Waals surface area contributed by atoms with Crippen molar-refractivity contribution >= 4 is 5.97 Å². The standard InChI is InChI=1S/C6H11F2NO3/c7-5(8)3-12-2-1-4(9)6(10)11/h4-5H,1-3,9H2,(H,10,11). The number of carbonyl (C=O) groups is 1. The third-order valence-corrected chi connectivity index (χ3v) is 1.13. The van der Waals surface area contributed by atoms with Crippen molar-refractivity contribution in [3.63, 3.8) is 0 Å². The van der Waals surface area contributed by atoms with Gasteiger partial charge in [0.15, 0.2) is 0 Å². The number of rotatable bonds is 6. The van der Waals surface area contributed by atoms with E-state index in [1.54, 1.807) is 0 Å². The van der Waals surface area contributed by atoms with Gasteiger partial charge in [-0.05, 0) is 6.42 Å². The number of halogens is 2. The van der Waals surface area contributed by atoms with Gasteiger partial charge in [0.05, 0.1) is 0 Å². The van der Waals surface area contributed by atoms with Crippen LogP contribution in [0.4, 0.5) is 8.78 Å². The molecule has 0 rings (SSSR count). The third kappa shape index (κ3) is 5.99. The second-order valence-corrected chi connectivity index (χ2v) is 2.20. The van der Waals surface area contributed by atoms with E-state index < -0.39 is 25.0 Å². The van der Waals surface area contributed by atoms with Crippen LogP contribution in [0.5, 0.6) is 0 Å². The first-order valence-electron chi connectivity index (χ1n) is 3.38. The Labute approximate surface area is 68.3 Å². The summed E-state index contributed by atoms with van der Waals surface area (Å²) in [6.07, 6.45) is -2.48. The van der Waals surface area contributed by atoms with Crippen LogP contribution in [0.2, 0.25) is 0 Å². The van der Waals surface area contributed by atoms with E-state index in [4.69, 9.17) is 10.8 Å². The predicted octanol–water partition coefficient (Wildman–Crippen LogP) is 0.0701. The average molecular weight is 183 g/mol. The Bertz CT molecular complexity index is 143. The molecule has 1 unspecified atom stereocenters. The molecule has 3 N–H and O–H groups in total. The Morgan fingerprint density at radius 2 is 2.17 bits per heavy atom. The van der Waals surface area contributed by atoms with Crippen LogP contribution in [0.3, 0.4) is 0 Å². The largest absolute Gasteiger partial charge is 0.480 e. The third-order valence-electron chi connectivity index (χ3n) is 1.13. The minimum absolute atomic E-state index is 0.0437. The van der Waals surface area contributed by atoms with Crippen molar-refractivity contribution < 1.29 is 23.4 Å². The molecule has 4 nitrogen and oxygen atoms in total. The molecule has 0 aromatic heterocycles. The van der Waals surface area contributed by atoms with Crippen molar-refractivity contribution in [2.45, 2.75) is 18.9 Å². The van der Waals surface area contributed by atoms with E-state index in [2.05, 4.69) is 4.74 Å². The Hall–Kier alpha value is -0.750. The topological polar surface area (TPSA) is 72.5 Å². The molecule has 0 spiro atoms. The van der Waals surface area contributed by atoms with Gasteiger partial charge in [0.1, 0.15) is 12.6 Å². The quantitative estimate of drug-likeness (QED) is 0.571. The van der Waals surface area contributed by atoms with E-state index in [9.17, 15) is 13.6 Å². The molecule has 0 fully saturated rings. The molecule has 6 heteroatoms. The van der Waals surface area contributed by atoms with Gasteiger partial charge in [-0.15, -0.1) is 0 Å². The Balaban J connectivity index is 3.25. The zero-order chi connectivity index (χ0) is 9.56. The van der Waals surface area contributed by atoms with Gasteiger partial charge in [0.2, 0.25) is 0 Å². The summed E-state index contributed by atoms with van der Waals surface area (Å²) in [7, 11) is 0. The van der Waals surface area contributed by atoms with Crippen LogP contribution >= 0.6 is 0 Å². The summed E-state index contributed by atoms with van der Waals surface area (Å²) in [6, 6.07) is -1.04. The summed E-state index contributed by atoms with van der Waals surface area (Å²) < 4.78 is 27.3. The highest BCUT2D eigenvalue weighted by Gasteiger charge is 2.11. The summed E-state index contributed by atoms with van der Waals surface area (Å²) in [5.41, 5.74) is 5.07. The monoisotopic (exact) mass is 183 g/mol. The average Bonchev–Trinajstić information content (AvgIpc) is 1.97. The van der Waals surface area contributed by atoms with E-state index in [1.807, 2.05) is 0 Å². The molecular weight excluding hydrogens is 172 g/mol. The van der Waals surface area contributed by atoms with Crippen LogP contribution < -0.4 is 5.73 Å². The number of alkyl halides is 2. The summed E-state index contributed by atoms with van der Waals surface area (Å²) in [5.74, 6) is -1.16. The molecule has 0 aliphatic heterocycles. The zero-order valence-electron chi connectivity index (χ0n) is 6.37. The molecule has 0 radical (unpaired) electrons. The van der Waals surface area contributed by atoms with Gasteiger partial charge in [0, 0.05) is 6.61 Å². The van der Waals surface area contributed by atoms with E-state index in [1.165, 1.54) is 0 Å². The number of carboxylic acids is 1. The summed E-state index contributed by atoms with van der Waals surface area (Å²) in [4.78, 5) is 10.1. The van der Waals surface area contributed by atoms with Crippen LogP contribution in [-0.2, 0) is 9.53 Å². The number of carboxylic acid groups (broad SMARTS) is 1. The maximum Gasteiger partial charge on any atom is 0.320 e. The lowest BCUT2D eigenvalue weighted by molar-refractivity contribution is -0.139. The first-order chi connectivity index (χ1) is 5.54. The minimum atomic E-state index is -2.52. The van der Waals surface area contributed by atoms with Crippen LogP contribution in [0.15, 0.2) is 0 Å². The Morgan fingerprint density at radius 1 is 1.58 bits per heavy atom. The van der Waals surface area contributed by atoms with Gasteiger partial charge in [-0.25, -0.2) is 8.78 Å². The van der Waals surface area contributed by atoms with E-state index in [-0.39, 0.29) is 13.0 Å². The molecule has 0 aliphatic rings. The molecule has 0 amide bonds. The lowest BCUT2D eigenvalue weighted by Gasteiger charge is -2.06. The molecule has 0 aromatic rings. The number of nitrogens with two attached hydrogens (primary N) is 1. The number of hydrogen-bond acceptors (Lipinski definition) is 3. The molecule has 12 heavy (non-hydrogen) atoms. The lowest BCUT2D eigenvalue weighted by Crippen LogP contribution is -2.31. The highest BCUT2D eigenvalue weighted by molar-refractivity contribution is 5.72. The predicted molar refractivity (Wildman–Crippen MR) is 37.1 cm³/mol. The normalized spacial score (nSPS) is 13.3. The van der Waals surface area contributed by atoms with Gasteiger partial charge in [-0.3, -0.25) is 4.79 Å². The van der Waals surface area contributed by atoms with Gasteiger partial charge in [-0.1, -0.05) is 0 Å². The minimum Gasteiger partial charge on any atom is -0.480 e. The molecule has 0 saturated heterocycles. The van der Waals surface area contributed by atoms with Gasteiger partial charge in [0.25, 0.3) is 6.43 Å². The molecule has 72 valence electrons. The highest BCUT2D eigenvalue weighted by atomic mass is 19.3. The first-order valence-corrected chi connectivity index (χ1v) is 3.38. The van der Waals surface area contributed by atoms with Crippen molar-refractivity contribution in [2.75, 3.05) is 13.2 Å². The fourth-order valence-electron chi connectivity index (χ4n) is 0.506. The Morgan fingerprint density at radius 3 is 2.58 bits per heavy atom. The van der Waals surface area contributed by atoms with Crippen LogP contribution in [-0.4, -0.2) is 36.8 Å². The van der Waals surface area contributed by atoms with Crippen molar-refractivity contribution in [3.8, 4) is 0 Å². The molecule has 0 heterocycles. The molecule has 0 aliphatic carbocycles. The van der Waals surface area contributed by atoms with E-state index in [0.29, 0.717) is 0 Å². The number of hydrogen-bond donors (Lipinski definition) is 2. The fraction of sp³-hybridized carbons (Fsp3) is 0.833. The van der Waals surface area contributed by atoms with Crippen molar-refractivity contribution in [2.24, 2.45) is 5.73 Å². The summed E-state index contributed by atoms with van der Waals surface area (Å²) in [6.45, 7) is -0.732. The second kappa shape index (κ2) is 5.84. The van der Waals surface area contributed by atoms with Crippen molar-refractivity contribution in [1.29, 1.82) is 0 Å². The van der Waals surface area contributed by atoms with E-state index >= 15 is 0 Å². The van der Waals surface area contributed by atoms with Crippen LogP contribution in [0.1, 0.15) is 6.42 Å². The SMILES string of the molecule is NC(CCOCC(F)F)C(=O)O. The van der Waals surface area contributed by atoms with Gasteiger partial charge >= 0.3 is 5.97 Å². The first kappa shape index (κ1) is 11.2. The van der Waals surface area contributed by atoms with Crippen molar-refractivity contribution in [1.82, 2.24) is 0 Å². The summed E-state index contributed by atoms with van der Waals surface area (Å²) in [5, 5.41) is 8.26. The zero-order valence-corrected chi connectivity index (χ0v) is 6.37. The lowest BCUT2D eigenvalue weighted by atomic mass is 10.2. The molecule has 1 atom stereocenters. The van der Waals surface area contributed by atoms with Crippen LogP contribution in [0, 0.1) is 0 Å². The number of ether oxygens (including phenoxy) is 1. The molecular formula is C6H11F2NO3. The van der Waals surface area contributed by atoms with Crippen LogP contribution in [0.25, 0.3) is 0 Å². The molecule has 0 aromatic carbocycles. The van der Waals surface area contributed by atoms with Crippen molar-refractivity contribution in [3.05, 3.63) is 0 Å². The van der Waals surface area contributed by atoms with Gasteiger partial charge < -0.3 is 15.6 Å². The van der Waals surface area contributed by atoms with E-state index in [0.717, 1.165) is 0 Å². The smallest absolute Gasteiger partial charge is 0.320 e. The Kier molecular flexibility index (Phi) is 5.48. The second-order valence-electron chi connectivity index (χ2n) is 2.20. The molecule has 0 saturated carbocycles. The fourth-order valence-corrected chi connectivity index (χ4v) is 0.506. The maximum absolute atomic E-state index is 11.4. The maximum atomic E-state index is 11.4.